The SMILES string of the molecule is CN(C)c1ccc(C(CNC(=O)C2CC2c2cccnc2)c2c[nH]c3ccccc23)cc1. The van der Waals surface area contributed by atoms with E-state index >= 15 is 0 Å². The van der Waals surface area contributed by atoms with Gasteiger partial charge in [0.25, 0.3) is 0 Å². The predicted octanol–water partition coefficient (Wildman–Crippen LogP) is 4.68. The van der Waals surface area contributed by atoms with Crippen molar-refractivity contribution in [1.29, 1.82) is 0 Å². The molecule has 5 nitrogen and oxygen atoms in total. The summed E-state index contributed by atoms with van der Waals surface area (Å²) in [7, 11) is 4.08. The second kappa shape index (κ2) is 8.50. The molecule has 1 aliphatic rings. The molecule has 1 saturated carbocycles. The fraction of sp³-hybridized carbons (Fsp3) is 0.259. The van der Waals surface area contributed by atoms with Crippen LogP contribution in [0.2, 0.25) is 0 Å². The number of carbonyl (C=O) groups is 1. The van der Waals surface area contributed by atoms with Gasteiger partial charge in [-0.15, -0.1) is 0 Å². The zero-order valence-corrected chi connectivity index (χ0v) is 18.5. The Morgan fingerprint density at radius 2 is 1.94 bits per heavy atom. The van der Waals surface area contributed by atoms with Gasteiger partial charge in [-0.05, 0) is 53.3 Å². The van der Waals surface area contributed by atoms with Gasteiger partial charge in [-0.3, -0.25) is 9.78 Å². The van der Waals surface area contributed by atoms with Gasteiger partial charge in [-0.1, -0.05) is 36.4 Å². The molecule has 0 spiro atoms. The Morgan fingerprint density at radius 3 is 2.69 bits per heavy atom. The molecule has 1 aliphatic carbocycles. The van der Waals surface area contributed by atoms with Crippen LogP contribution in [0.25, 0.3) is 10.9 Å². The van der Waals surface area contributed by atoms with E-state index in [0.29, 0.717) is 6.54 Å². The monoisotopic (exact) mass is 424 g/mol. The number of carbonyl (C=O) groups excluding carboxylic acids is 1. The van der Waals surface area contributed by atoms with Crippen LogP contribution < -0.4 is 10.2 Å². The number of anilines is 1. The third-order valence-corrected chi connectivity index (χ3v) is 6.53. The van der Waals surface area contributed by atoms with Crippen molar-refractivity contribution in [3.05, 3.63) is 95.9 Å². The fourth-order valence-electron chi connectivity index (χ4n) is 4.58. The van der Waals surface area contributed by atoms with E-state index in [0.717, 1.165) is 23.2 Å². The number of nitrogens with zero attached hydrogens (tertiary/aromatic N) is 2. The van der Waals surface area contributed by atoms with Crippen LogP contribution in [-0.2, 0) is 4.79 Å². The Morgan fingerprint density at radius 1 is 1.12 bits per heavy atom. The number of benzene rings is 2. The Kier molecular flexibility index (Phi) is 5.39. The Bertz CT molecular complexity index is 1210. The van der Waals surface area contributed by atoms with Crippen LogP contribution >= 0.6 is 0 Å². The summed E-state index contributed by atoms with van der Waals surface area (Å²) in [5, 5.41) is 4.45. The lowest BCUT2D eigenvalue weighted by atomic mass is 9.90. The van der Waals surface area contributed by atoms with Gasteiger partial charge in [-0.25, -0.2) is 0 Å². The van der Waals surface area contributed by atoms with E-state index in [1.54, 1.807) is 6.20 Å². The molecule has 4 aromatic rings. The zero-order valence-electron chi connectivity index (χ0n) is 18.5. The van der Waals surface area contributed by atoms with Crippen LogP contribution in [0, 0.1) is 5.92 Å². The quantitative estimate of drug-likeness (QED) is 0.453. The average molecular weight is 425 g/mol. The average Bonchev–Trinajstić information content (AvgIpc) is 3.53. The summed E-state index contributed by atoms with van der Waals surface area (Å²) in [5.41, 5.74) is 5.83. The summed E-state index contributed by atoms with van der Waals surface area (Å²) >= 11 is 0. The smallest absolute Gasteiger partial charge is 0.223 e. The molecule has 2 aromatic carbocycles. The summed E-state index contributed by atoms with van der Waals surface area (Å²) in [6.45, 7) is 0.568. The second-order valence-corrected chi connectivity index (χ2v) is 8.81. The summed E-state index contributed by atoms with van der Waals surface area (Å²) in [5.74, 6) is 0.532. The van der Waals surface area contributed by atoms with Crippen molar-refractivity contribution in [2.75, 3.05) is 25.5 Å². The maximum Gasteiger partial charge on any atom is 0.223 e. The van der Waals surface area contributed by atoms with Gasteiger partial charge in [-0.2, -0.15) is 0 Å². The van der Waals surface area contributed by atoms with Crippen molar-refractivity contribution in [2.24, 2.45) is 5.92 Å². The molecule has 0 aliphatic heterocycles. The third-order valence-electron chi connectivity index (χ3n) is 6.53. The van der Waals surface area contributed by atoms with Crippen molar-refractivity contribution in [3.63, 3.8) is 0 Å². The highest BCUT2D eigenvalue weighted by molar-refractivity contribution is 5.85. The lowest BCUT2D eigenvalue weighted by molar-refractivity contribution is -0.122. The molecule has 3 atom stereocenters. The number of para-hydroxylation sites is 1. The highest BCUT2D eigenvalue weighted by atomic mass is 16.2. The standard InChI is InChI=1S/C27H28N4O/c1-31(2)20-11-9-18(10-12-20)24(25-17-29-26-8-4-3-7-21(25)26)16-30-27(32)23-14-22(23)19-6-5-13-28-15-19/h3-13,15,17,22-24,29H,14,16H2,1-2H3,(H,30,32). The van der Waals surface area contributed by atoms with Crippen LogP contribution in [0.4, 0.5) is 5.69 Å². The number of hydrogen-bond donors (Lipinski definition) is 2. The minimum Gasteiger partial charge on any atom is -0.378 e. The van der Waals surface area contributed by atoms with Gasteiger partial charge < -0.3 is 15.2 Å². The molecule has 32 heavy (non-hydrogen) atoms. The highest BCUT2D eigenvalue weighted by Gasteiger charge is 2.44. The molecule has 1 fully saturated rings. The van der Waals surface area contributed by atoms with Crippen molar-refractivity contribution in [2.45, 2.75) is 18.3 Å². The van der Waals surface area contributed by atoms with Crippen LogP contribution in [-0.4, -0.2) is 36.5 Å². The maximum atomic E-state index is 13.0. The molecule has 1 amide bonds. The number of aromatic amines is 1. The molecule has 2 aromatic heterocycles. The van der Waals surface area contributed by atoms with Crippen LogP contribution in [0.1, 0.15) is 34.9 Å². The largest absolute Gasteiger partial charge is 0.378 e. The number of aromatic nitrogens is 2. The Labute approximate surface area is 188 Å². The van der Waals surface area contributed by atoms with Gasteiger partial charge in [0.15, 0.2) is 0 Å². The minimum absolute atomic E-state index is 0.0407. The second-order valence-electron chi connectivity index (χ2n) is 8.81. The number of fused-ring (bicyclic) bond motifs is 1. The first-order valence-electron chi connectivity index (χ1n) is 11.1. The number of pyridine rings is 1. The van der Waals surface area contributed by atoms with E-state index in [9.17, 15) is 4.79 Å². The zero-order chi connectivity index (χ0) is 22.1. The third kappa shape index (κ3) is 3.98. The summed E-state index contributed by atoms with van der Waals surface area (Å²) in [6, 6.07) is 20.9. The summed E-state index contributed by atoms with van der Waals surface area (Å²) < 4.78 is 0. The lowest BCUT2D eigenvalue weighted by Gasteiger charge is -2.20. The normalized spacial score (nSPS) is 18.3. The molecule has 5 heteroatoms. The highest BCUT2D eigenvalue weighted by Crippen LogP contribution is 2.47. The van der Waals surface area contributed by atoms with Gasteiger partial charge in [0.05, 0.1) is 0 Å². The minimum atomic E-state index is 0.0407. The number of amides is 1. The molecular formula is C27H28N4O. The van der Waals surface area contributed by atoms with Crippen molar-refractivity contribution >= 4 is 22.5 Å². The predicted molar refractivity (Wildman–Crippen MR) is 129 cm³/mol. The summed E-state index contributed by atoms with van der Waals surface area (Å²) in [4.78, 5) is 22.6. The maximum absolute atomic E-state index is 13.0. The van der Waals surface area contributed by atoms with Crippen molar-refractivity contribution < 1.29 is 4.79 Å². The van der Waals surface area contributed by atoms with Crippen LogP contribution in [0.15, 0.2) is 79.3 Å². The molecular weight excluding hydrogens is 396 g/mol. The van der Waals surface area contributed by atoms with Crippen molar-refractivity contribution in [1.82, 2.24) is 15.3 Å². The molecule has 5 rings (SSSR count). The topological polar surface area (TPSA) is 61.0 Å². The molecule has 0 saturated heterocycles. The number of rotatable bonds is 7. The summed E-state index contributed by atoms with van der Waals surface area (Å²) in [6.07, 6.45) is 6.62. The van der Waals surface area contributed by atoms with Gasteiger partial charge in [0.2, 0.25) is 5.91 Å². The van der Waals surface area contributed by atoms with Gasteiger partial charge in [0.1, 0.15) is 0 Å². The van der Waals surface area contributed by atoms with Gasteiger partial charge in [0, 0.05) is 67.7 Å². The molecule has 3 unspecified atom stereocenters. The molecule has 2 heterocycles. The molecule has 162 valence electrons. The van der Waals surface area contributed by atoms with E-state index in [1.807, 2.05) is 32.4 Å². The van der Waals surface area contributed by atoms with E-state index in [1.165, 1.54) is 16.5 Å². The first kappa shape index (κ1) is 20.3. The van der Waals surface area contributed by atoms with E-state index in [-0.39, 0.29) is 23.7 Å². The van der Waals surface area contributed by atoms with E-state index in [4.69, 9.17) is 0 Å². The van der Waals surface area contributed by atoms with E-state index < -0.39 is 0 Å². The number of H-pyrrole nitrogens is 1. The van der Waals surface area contributed by atoms with Crippen molar-refractivity contribution in [3.8, 4) is 0 Å². The Balaban J connectivity index is 1.37. The molecule has 0 bridgehead atoms. The molecule has 0 radical (unpaired) electrons. The number of hydrogen-bond acceptors (Lipinski definition) is 3. The Hall–Kier alpha value is -3.60. The first-order chi connectivity index (χ1) is 15.6. The van der Waals surface area contributed by atoms with Crippen LogP contribution in [0.5, 0.6) is 0 Å². The van der Waals surface area contributed by atoms with Gasteiger partial charge >= 0.3 is 0 Å². The van der Waals surface area contributed by atoms with Crippen LogP contribution in [0.3, 0.4) is 0 Å². The molecule has 2 N–H and O–H groups in total. The number of nitrogens with one attached hydrogen (secondary N) is 2. The lowest BCUT2D eigenvalue weighted by Crippen LogP contribution is -2.30. The van der Waals surface area contributed by atoms with E-state index in [2.05, 4.69) is 74.9 Å². The first-order valence-corrected chi connectivity index (χ1v) is 11.1. The fourth-order valence-corrected chi connectivity index (χ4v) is 4.58.